The molecule has 0 aliphatic heterocycles. The maximum absolute atomic E-state index is 14.9. The van der Waals surface area contributed by atoms with Gasteiger partial charge in [0.1, 0.15) is 28.7 Å². The minimum absolute atomic E-state index is 0.0109. The van der Waals surface area contributed by atoms with Crippen LogP contribution in [0.5, 0.6) is 0 Å². The Hall–Kier alpha value is -3.73. The quantitative estimate of drug-likeness (QED) is 0.501. The van der Waals surface area contributed by atoms with Gasteiger partial charge in [0.05, 0.1) is 17.8 Å². The molecule has 0 saturated heterocycles. The zero-order valence-electron chi connectivity index (χ0n) is 15.5. The summed E-state index contributed by atoms with van der Waals surface area (Å²) < 4.78 is 44.3. The Morgan fingerprint density at radius 2 is 1.86 bits per heavy atom. The lowest BCUT2D eigenvalue weighted by atomic mass is 9.95. The number of fused-ring (bicyclic) bond motifs is 1. The summed E-state index contributed by atoms with van der Waals surface area (Å²) in [6.07, 6.45) is 3.06. The van der Waals surface area contributed by atoms with Gasteiger partial charge in [0.2, 0.25) is 0 Å². The number of rotatable bonds is 3. The van der Waals surface area contributed by atoms with Gasteiger partial charge in [-0.25, -0.2) is 27.7 Å². The summed E-state index contributed by atoms with van der Waals surface area (Å²) in [5.74, 6) is -0.962. The molecular weight excluding hydrogens is 379 g/mol. The number of imidazole rings is 1. The van der Waals surface area contributed by atoms with Gasteiger partial charge in [-0.1, -0.05) is 6.07 Å². The first-order valence-electron chi connectivity index (χ1n) is 8.68. The highest BCUT2D eigenvalue weighted by molar-refractivity contribution is 5.76. The second-order valence-electron chi connectivity index (χ2n) is 6.95. The first-order chi connectivity index (χ1) is 13.8. The Morgan fingerprint density at radius 3 is 2.59 bits per heavy atom. The molecule has 0 atom stereocenters. The number of benzene rings is 2. The number of aromatic nitrogens is 4. The average molecular weight is 393 g/mol. The van der Waals surface area contributed by atoms with Gasteiger partial charge in [0.25, 0.3) is 5.78 Å². The lowest BCUT2D eigenvalue weighted by Gasteiger charge is -2.18. The Kier molecular flexibility index (Phi) is 4.31. The number of alkyl halides is 1. The minimum atomic E-state index is -1.84. The maximum atomic E-state index is 14.9. The van der Waals surface area contributed by atoms with E-state index in [1.54, 1.807) is 6.20 Å². The number of nitriles is 1. The highest BCUT2D eigenvalue weighted by Gasteiger charge is 2.28. The zero-order valence-corrected chi connectivity index (χ0v) is 15.5. The monoisotopic (exact) mass is 393 g/mol. The van der Waals surface area contributed by atoms with Crippen molar-refractivity contribution >= 4 is 5.78 Å². The molecule has 2 aromatic heterocycles. The van der Waals surface area contributed by atoms with Crippen LogP contribution in [0, 0.1) is 23.0 Å². The topological polar surface area (TPSA) is 66.9 Å². The normalized spacial score (nSPS) is 11.6. The van der Waals surface area contributed by atoms with Crippen LogP contribution in [0.25, 0.3) is 28.2 Å². The number of halogens is 3. The second-order valence-corrected chi connectivity index (χ2v) is 6.95. The van der Waals surface area contributed by atoms with Gasteiger partial charge < -0.3 is 0 Å². The third kappa shape index (κ3) is 3.31. The van der Waals surface area contributed by atoms with E-state index in [2.05, 4.69) is 15.1 Å². The molecule has 0 radical (unpaired) electrons. The fraction of sp³-hybridized carbons (Fsp3) is 0.143. The van der Waals surface area contributed by atoms with E-state index in [0.29, 0.717) is 5.56 Å². The molecule has 4 rings (SSSR count). The molecule has 144 valence electrons. The molecule has 8 heteroatoms. The Balaban J connectivity index is 1.97. The number of hydrogen-bond donors (Lipinski definition) is 0. The molecule has 0 spiro atoms. The Bertz CT molecular complexity index is 1280. The zero-order chi connectivity index (χ0) is 20.8. The molecule has 4 aromatic rings. The van der Waals surface area contributed by atoms with Crippen molar-refractivity contribution in [3.63, 3.8) is 0 Å². The van der Waals surface area contributed by atoms with Crippen LogP contribution in [-0.4, -0.2) is 19.6 Å². The van der Waals surface area contributed by atoms with Crippen LogP contribution >= 0.6 is 0 Å². The van der Waals surface area contributed by atoms with E-state index in [1.165, 1.54) is 48.8 Å². The van der Waals surface area contributed by atoms with Gasteiger partial charge in [-0.3, -0.25) is 0 Å². The summed E-state index contributed by atoms with van der Waals surface area (Å²) in [7, 11) is 0. The average Bonchev–Trinajstić information content (AvgIpc) is 3.14. The molecule has 29 heavy (non-hydrogen) atoms. The van der Waals surface area contributed by atoms with Gasteiger partial charge in [0.15, 0.2) is 0 Å². The van der Waals surface area contributed by atoms with Crippen molar-refractivity contribution in [3.05, 3.63) is 71.7 Å². The smallest absolute Gasteiger partial charge is 0.238 e. The van der Waals surface area contributed by atoms with Gasteiger partial charge in [-0.15, -0.1) is 0 Å². The van der Waals surface area contributed by atoms with Crippen LogP contribution in [0.2, 0.25) is 0 Å². The van der Waals surface area contributed by atoms with Crippen LogP contribution in [0.15, 0.2) is 48.8 Å². The van der Waals surface area contributed by atoms with Gasteiger partial charge >= 0.3 is 0 Å². The van der Waals surface area contributed by atoms with E-state index >= 15 is 0 Å². The van der Waals surface area contributed by atoms with Crippen molar-refractivity contribution in [1.82, 2.24) is 19.6 Å². The summed E-state index contributed by atoms with van der Waals surface area (Å²) in [6, 6.07) is 9.49. The molecule has 2 aromatic carbocycles. The van der Waals surface area contributed by atoms with Crippen molar-refractivity contribution in [2.45, 2.75) is 19.5 Å². The fourth-order valence-electron chi connectivity index (χ4n) is 3.09. The predicted molar refractivity (Wildman–Crippen MR) is 100 cm³/mol. The SMILES string of the molecule is CC(C)(F)c1nc2nccn2nc1-c1ccc(F)c(-c2ccc(F)cc2C#N)c1. The molecule has 0 aliphatic rings. The van der Waals surface area contributed by atoms with Crippen molar-refractivity contribution < 1.29 is 13.2 Å². The molecule has 5 nitrogen and oxygen atoms in total. The van der Waals surface area contributed by atoms with Crippen LogP contribution in [0.4, 0.5) is 13.2 Å². The van der Waals surface area contributed by atoms with E-state index in [-0.39, 0.29) is 33.9 Å². The molecule has 0 amide bonds. The van der Waals surface area contributed by atoms with E-state index in [0.717, 1.165) is 12.1 Å². The second kappa shape index (κ2) is 6.71. The Morgan fingerprint density at radius 1 is 1.07 bits per heavy atom. The van der Waals surface area contributed by atoms with Crippen LogP contribution in [0.3, 0.4) is 0 Å². The van der Waals surface area contributed by atoms with Gasteiger partial charge in [-0.2, -0.15) is 10.4 Å². The first kappa shape index (κ1) is 18.6. The van der Waals surface area contributed by atoms with Crippen molar-refractivity contribution in [1.29, 1.82) is 5.26 Å². The number of hydrogen-bond acceptors (Lipinski definition) is 4. The largest absolute Gasteiger partial charge is 0.251 e. The molecular formula is C21H14F3N5. The third-order valence-electron chi connectivity index (χ3n) is 4.44. The molecule has 0 fully saturated rings. The standard InChI is InChI=1S/C21H14F3N5/c1-21(2,24)19-18(28-29-8-7-26-20(29)27-19)12-3-6-17(23)16(10-12)15-5-4-14(22)9-13(15)11-25/h3-10H,1-2H3. The van der Waals surface area contributed by atoms with Crippen LogP contribution in [0.1, 0.15) is 25.1 Å². The molecule has 0 unspecified atom stereocenters. The molecule has 0 N–H and O–H groups in total. The number of nitrogens with zero attached hydrogens (tertiary/aromatic N) is 5. The highest BCUT2D eigenvalue weighted by atomic mass is 19.1. The molecule has 0 saturated carbocycles. The lowest BCUT2D eigenvalue weighted by molar-refractivity contribution is 0.214. The summed E-state index contributed by atoms with van der Waals surface area (Å²) in [5.41, 5.74) is -0.877. The van der Waals surface area contributed by atoms with Crippen LogP contribution < -0.4 is 0 Å². The summed E-state index contributed by atoms with van der Waals surface area (Å²) in [6.45, 7) is 2.69. The first-order valence-corrected chi connectivity index (χ1v) is 8.68. The minimum Gasteiger partial charge on any atom is -0.238 e. The lowest BCUT2D eigenvalue weighted by Crippen LogP contribution is -2.16. The highest BCUT2D eigenvalue weighted by Crippen LogP contribution is 2.35. The summed E-state index contributed by atoms with van der Waals surface area (Å²) >= 11 is 0. The fourth-order valence-corrected chi connectivity index (χ4v) is 3.09. The predicted octanol–water partition coefficient (Wildman–Crippen LogP) is 4.81. The van der Waals surface area contributed by atoms with Gasteiger partial charge in [-0.05, 0) is 44.2 Å². The van der Waals surface area contributed by atoms with Crippen molar-refractivity contribution in [2.75, 3.05) is 0 Å². The van der Waals surface area contributed by atoms with E-state index in [4.69, 9.17) is 0 Å². The molecule has 0 bridgehead atoms. The molecule has 0 aliphatic carbocycles. The third-order valence-corrected chi connectivity index (χ3v) is 4.44. The molecule has 2 heterocycles. The maximum Gasteiger partial charge on any atom is 0.251 e. The van der Waals surface area contributed by atoms with E-state index in [1.807, 2.05) is 6.07 Å². The summed E-state index contributed by atoms with van der Waals surface area (Å²) in [5, 5.41) is 13.7. The van der Waals surface area contributed by atoms with Crippen molar-refractivity contribution in [3.8, 4) is 28.5 Å². The summed E-state index contributed by atoms with van der Waals surface area (Å²) in [4.78, 5) is 8.30. The van der Waals surface area contributed by atoms with Gasteiger partial charge in [0, 0.05) is 22.9 Å². The Labute approximate surface area is 164 Å². The van der Waals surface area contributed by atoms with E-state index in [9.17, 15) is 18.4 Å². The van der Waals surface area contributed by atoms with E-state index < -0.39 is 17.3 Å². The van der Waals surface area contributed by atoms with Crippen LogP contribution in [-0.2, 0) is 5.67 Å². The van der Waals surface area contributed by atoms with Crippen molar-refractivity contribution in [2.24, 2.45) is 0 Å².